The van der Waals surface area contributed by atoms with Crippen LogP contribution in [0.15, 0.2) is 0 Å². The molecule has 1 atom stereocenters. The summed E-state index contributed by atoms with van der Waals surface area (Å²) in [5, 5.41) is 4.37. The lowest BCUT2D eigenvalue weighted by molar-refractivity contribution is -0.456. The van der Waals surface area contributed by atoms with Gasteiger partial charge in [0, 0.05) is 24.8 Å². The van der Waals surface area contributed by atoms with Crippen LogP contribution in [-0.4, -0.2) is 51.8 Å². The summed E-state index contributed by atoms with van der Waals surface area (Å²) in [5.74, 6) is 2.47. The van der Waals surface area contributed by atoms with E-state index in [2.05, 4.69) is 16.8 Å². The highest BCUT2D eigenvalue weighted by Crippen LogP contribution is 2.17. The molecule has 0 aromatic heterocycles. The van der Waals surface area contributed by atoms with Gasteiger partial charge in [-0.05, 0) is 31.6 Å². The smallest absolute Gasteiger partial charge is 0.222 e. The normalized spacial score (nSPS) is 18.1. The Hall–Kier alpha value is -0.0831. The van der Waals surface area contributed by atoms with Crippen molar-refractivity contribution in [2.75, 3.05) is 25.2 Å². The SMILES string of the molecule is COOO[SiH2]CCCSCC(C)N1CCCC1=O. The molecule has 1 amide bonds. The average Bonchev–Trinajstić information content (AvgIpc) is 2.79. The summed E-state index contributed by atoms with van der Waals surface area (Å²) in [6.07, 6.45) is 2.90. The van der Waals surface area contributed by atoms with Crippen molar-refractivity contribution in [2.45, 2.75) is 38.3 Å². The molecule has 0 bridgehead atoms. The van der Waals surface area contributed by atoms with Crippen molar-refractivity contribution in [1.82, 2.24) is 4.90 Å². The van der Waals surface area contributed by atoms with Crippen LogP contribution in [0.4, 0.5) is 0 Å². The molecular weight excluding hydrogens is 270 g/mol. The van der Waals surface area contributed by atoms with Gasteiger partial charge in [0.2, 0.25) is 15.7 Å². The Morgan fingerprint density at radius 1 is 1.56 bits per heavy atom. The van der Waals surface area contributed by atoms with Crippen LogP contribution in [0.3, 0.4) is 0 Å². The fourth-order valence-electron chi connectivity index (χ4n) is 1.93. The van der Waals surface area contributed by atoms with E-state index in [1.54, 1.807) is 0 Å². The van der Waals surface area contributed by atoms with E-state index >= 15 is 0 Å². The molecule has 0 aliphatic carbocycles. The zero-order valence-corrected chi connectivity index (χ0v) is 13.5. The highest BCUT2D eigenvalue weighted by molar-refractivity contribution is 7.99. The summed E-state index contributed by atoms with van der Waals surface area (Å²) in [5.41, 5.74) is 0. The van der Waals surface area contributed by atoms with Gasteiger partial charge in [-0.2, -0.15) is 11.8 Å². The van der Waals surface area contributed by atoms with Gasteiger partial charge in [-0.3, -0.25) is 9.37 Å². The predicted molar refractivity (Wildman–Crippen MR) is 74.9 cm³/mol. The van der Waals surface area contributed by atoms with E-state index in [-0.39, 0.29) is 0 Å². The standard InChI is InChI=1S/C11H23NO4SSi/c1-10(12-6-3-5-11(12)13)9-17-7-4-8-18-16-15-14-2/h10H,3-9,18H2,1-2H3. The number of hydrogen-bond acceptors (Lipinski definition) is 5. The molecule has 0 saturated carbocycles. The summed E-state index contributed by atoms with van der Waals surface area (Å²) in [6.45, 7) is 3.08. The Morgan fingerprint density at radius 3 is 3.06 bits per heavy atom. The molecule has 0 radical (unpaired) electrons. The maximum Gasteiger partial charge on any atom is 0.222 e. The Morgan fingerprint density at radius 2 is 2.39 bits per heavy atom. The second-order valence-electron chi connectivity index (χ2n) is 4.38. The molecule has 0 spiro atoms. The molecule has 1 heterocycles. The molecule has 0 N–H and O–H groups in total. The van der Waals surface area contributed by atoms with Gasteiger partial charge in [0.05, 0.1) is 7.11 Å². The molecule has 1 unspecified atom stereocenters. The van der Waals surface area contributed by atoms with Crippen LogP contribution in [0.2, 0.25) is 6.04 Å². The first-order chi connectivity index (χ1) is 8.75. The third-order valence-electron chi connectivity index (χ3n) is 2.88. The molecule has 1 fully saturated rings. The van der Waals surface area contributed by atoms with Crippen LogP contribution >= 0.6 is 11.8 Å². The number of amides is 1. The first-order valence-corrected chi connectivity index (χ1v) is 9.18. The summed E-state index contributed by atoms with van der Waals surface area (Å²) >= 11 is 1.91. The number of rotatable bonds is 10. The average molecular weight is 293 g/mol. The quantitative estimate of drug-likeness (QED) is 0.262. The Balaban J connectivity index is 1.92. The van der Waals surface area contributed by atoms with Gasteiger partial charge >= 0.3 is 0 Å². The molecule has 106 valence electrons. The molecule has 0 aromatic carbocycles. The van der Waals surface area contributed by atoms with Gasteiger partial charge in [0.25, 0.3) is 0 Å². The largest absolute Gasteiger partial charge is 0.339 e. The Labute approximate surface area is 115 Å². The van der Waals surface area contributed by atoms with Gasteiger partial charge in [-0.25, -0.2) is 4.89 Å². The van der Waals surface area contributed by atoms with Gasteiger partial charge in [-0.15, -0.1) is 0 Å². The van der Waals surface area contributed by atoms with Crippen LogP contribution in [0.25, 0.3) is 0 Å². The predicted octanol–water partition coefficient (Wildman–Crippen LogP) is 1.13. The van der Waals surface area contributed by atoms with E-state index in [0.717, 1.165) is 43.4 Å². The van der Waals surface area contributed by atoms with Gasteiger partial charge in [0.15, 0.2) is 0 Å². The fraction of sp³-hybridized carbons (Fsp3) is 0.909. The number of nitrogens with zero attached hydrogens (tertiary/aromatic N) is 1. The zero-order valence-electron chi connectivity index (χ0n) is 11.2. The van der Waals surface area contributed by atoms with Crippen molar-refractivity contribution >= 4 is 27.4 Å². The molecular formula is C11H23NO4SSi. The third-order valence-corrected chi connectivity index (χ3v) is 5.23. The Bertz CT molecular complexity index is 245. The van der Waals surface area contributed by atoms with Gasteiger partial charge < -0.3 is 4.90 Å². The van der Waals surface area contributed by atoms with E-state index in [1.807, 2.05) is 16.7 Å². The topological polar surface area (TPSA) is 48.0 Å². The van der Waals surface area contributed by atoms with Crippen molar-refractivity contribution in [3.63, 3.8) is 0 Å². The molecule has 5 nitrogen and oxygen atoms in total. The maximum atomic E-state index is 11.5. The van der Waals surface area contributed by atoms with E-state index in [9.17, 15) is 4.79 Å². The van der Waals surface area contributed by atoms with E-state index < -0.39 is 9.76 Å². The number of thioether (sulfide) groups is 1. The molecule has 0 aromatic rings. The summed E-state index contributed by atoms with van der Waals surface area (Å²) in [4.78, 5) is 17.9. The maximum absolute atomic E-state index is 11.5. The molecule has 1 aliphatic heterocycles. The van der Waals surface area contributed by atoms with Crippen molar-refractivity contribution in [2.24, 2.45) is 0 Å². The van der Waals surface area contributed by atoms with Crippen molar-refractivity contribution in [3.05, 3.63) is 0 Å². The first kappa shape index (κ1) is 16.0. The van der Waals surface area contributed by atoms with Crippen molar-refractivity contribution < 1.29 is 19.3 Å². The van der Waals surface area contributed by atoms with E-state index in [1.165, 1.54) is 7.11 Å². The number of hydrogen-bond donors (Lipinski definition) is 0. The first-order valence-electron chi connectivity index (χ1n) is 6.45. The summed E-state index contributed by atoms with van der Waals surface area (Å²) in [7, 11) is 0.841. The molecule has 1 saturated heterocycles. The minimum atomic E-state index is -0.595. The highest BCUT2D eigenvalue weighted by atomic mass is 32.2. The van der Waals surface area contributed by atoms with Crippen LogP contribution in [-0.2, 0) is 19.3 Å². The lowest BCUT2D eigenvalue weighted by atomic mass is 10.3. The molecule has 18 heavy (non-hydrogen) atoms. The van der Waals surface area contributed by atoms with Crippen molar-refractivity contribution in [1.29, 1.82) is 0 Å². The summed E-state index contributed by atoms with van der Waals surface area (Å²) < 4.78 is 4.86. The van der Waals surface area contributed by atoms with Crippen LogP contribution in [0.5, 0.6) is 0 Å². The minimum absolute atomic E-state index is 0.320. The second-order valence-corrected chi connectivity index (χ2v) is 6.88. The van der Waals surface area contributed by atoms with E-state index in [0.29, 0.717) is 11.9 Å². The Kier molecular flexibility index (Phi) is 8.69. The van der Waals surface area contributed by atoms with Gasteiger partial charge in [0.1, 0.15) is 0 Å². The molecule has 1 aliphatic rings. The minimum Gasteiger partial charge on any atom is -0.339 e. The number of likely N-dealkylation sites (tertiary alicyclic amines) is 1. The van der Waals surface area contributed by atoms with Crippen LogP contribution in [0.1, 0.15) is 26.2 Å². The van der Waals surface area contributed by atoms with Gasteiger partial charge in [-0.1, -0.05) is 5.04 Å². The highest BCUT2D eigenvalue weighted by Gasteiger charge is 2.24. The van der Waals surface area contributed by atoms with Crippen molar-refractivity contribution in [3.8, 4) is 0 Å². The lowest BCUT2D eigenvalue weighted by Gasteiger charge is -2.23. The number of carbonyl (C=O) groups is 1. The molecule has 7 heteroatoms. The van der Waals surface area contributed by atoms with Crippen LogP contribution in [0, 0.1) is 0 Å². The third kappa shape index (κ3) is 6.19. The van der Waals surface area contributed by atoms with Crippen LogP contribution < -0.4 is 0 Å². The monoisotopic (exact) mass is 293 g/mol. The zero-order chi connectivity index (χ0) is 13.2. The number of carbonyl (C=O) groups excluding carboxylic acids is 1. The molecule has 1 rings (SSSR count). The lowest BCUT2D eigenvalue weighted by Crippen LogP contribution is -2.35. The fourth-order valence-corrected chi connectivity index (χ4v) is 4.12. The van der Waals surface area contributed by atoms with E-state index in [4.69, 9.17) is 4.58 Å². The summed E-state index contributed by atoms with van der Waals surface area (Å²) in [6, 6.07) is 1.46. The second kappa shape index (κ2) is 9.80.